The quantitative estimate of drug-likeness (QED) is 0.745. The third kappa shape index (κ3) is 4.04. The summed E-state index contributed by atoms with van der Waals surface area (Å²) >= 11 is 5.58. The van der Waals surface area contributed by atoms with Crippen molar-refractivity contribution in [2.24, 2.45) is 0 Å². The molecule has 0 saturated carbocycles. The fourth-order valence-electron chi connectivity index (χ4n) is 2.13. The van der Waals surface area contributed by atoms with Crippen molar-refractivity contribution in [3.8, 4) is 5.75 Å². The maximum Gasteiger partial charge on any atom is 0.283 e. The Morgan fingerprint density at radius 3 is 2.52 bits per heavy atom. The van der Waals surface area contributed by atoms with Crippen molar-refractivity contribution in [3.63, 3.8) is 0 Å². The Balaban J connectivity index is 2.31. The first-order valence-electron chi connectivity index (χ1n) is 7.05. The minimum atomic E-state index is -3.17. The first-order valence-corrected chi connectivity index (χ1v) is 7.43. The van der Waals surface area contributed by atoms with Gasteiger partial charge in [0, 0.05) is 11.8 Å². The second kappa shape index (κ2) is 7.73. The number of ether oxygens (including phenoxy) is 1. The van der Waals surface area contributed by atoms with E-state index in [-0.39, 0.29) is 0 Å². The number of nitrogens with one attached hydrogen (secondary N) is 1. The maximum absolute atomic E-state index is 13.2. The van der Waals surface area contributed by atoms with Gasteiger partial charge in [0.05, 0.1) is 12.1 Å². The molecular weight excluding hydrogens is 366 g/mol. The number of carbonyl (C=O) groups is 1. The molecule has 0 aliphatic rings. The molecule has 1 amide bonds. The highest BCUT2D eigenvalue weighted by Gasteiger charge is 2.31. The number of rotatable bonds is 6. The fraction of sp³-hybridized carbons (Fsp3) is 0.333. The molecule has 1 aromatic heterocycles. The van der Waals surface area contributed by atoms with Gasteiger partial charge in [0.15, 0.2) is 0 Å². The van der Waals surface area contributed by atoms with Crippen molar-refractivity contribution in [2.45, 2.75) is 25.8 Å². The lowest BCUT2D eigenvalue weighted by Gasteiger charge is -2.16. The van der Waals surface area contributed by atoms with Gasteiger partial charge in [-0.3, -0.25) is 4.79 Å². The summed E-state index contributed by atoms with van der Waals surface area (Å²) in [5.74, 6) is -0.254. The highest BCUT2D eigenvalue weighted by molar-refractivity contribution is 6.32. The van der Waals surface area contributed by atoms with Gasteiger partial charge in [-0.1, -0.05) is 17.7 Å². The first-order chi connectivity index (χ1) is 11.8. The predicted octanol–water partition coefficient (Wildman–Crippen LogP) is 4.62. The third-order valence-electron chi connectivity index (χ3n) is 3.41. The summed E-state index contributed by atoms with van der Waals surface area (Å²) < 4.78 is 57.6. The van der Waals surface area contributed by atoms with Gasteiger partial charge in [-0.15, -0.1) is 0 Å². The van der Waals surface area contributed by atoms with E-state index in [1.165, 1.54) is 20.1 Å². The molecule has 0 aliphatic heterocycles. The van der Waals surface area contributed by atoms with E-state index in [1.54, 1.807) is 18.2 Å². The average molecular weight is 380 g/mol. The van der Waals surface area contributed by atoms with E-state index >= 15 is 0 Å². The van der Waals surface area contributed by atoms with Crippen LogP contribution in [-0.2, 0) is 4.79 Å². The minimum absolute atomic E-state index is 0.349. The molecule has 0 radical (unpaired) electrons. The molecular formula is C15H14ClF4N3O2. The molecule has 25 heavy (non-hydrogen) atoms. The van der Waals surface area contributed by atoms with Crippen LogP contribution < -0.4 is 10.1 Å². The molecule has 1 unspecified atom stereocenters. The monoisotopic (exact) mass is 379 g/mol. The zero-order valence-corrected chi connectivity index (χ0v) is 13.9. The number of hydrogen-bond acceptors (Lipinski definition) is 3. The lowest BCUT2D eigenvalue weighted by Crippen LogP contribution is -2.26. The van der Waals surface area contributed by atoms with Gasteiger partial charge in [0.25, 0.3) is 12.9 Å². The van der Waals surface area contributed by atoms with E-state index in [4.69, 9.17) is 16.3 Å². The molecule has 2 rings (SSSR count). The second-order valence-electron chi connectivity index (χ2n) is 5.03. The summed E-state index contributed by atoms with van der Waals surface area (Å²) in [5, 5.41) is 5.04. The Morgan fingerprint density at radius 1 is 1.28 bits per heavy atom. The van der Waals surface area contributed by atoms with Crippen molar-refractivity contribution in [1.29, 1.82) is 0 Å². The van der Waals surface area contributed by atoms with E-state index in [0.29, 0.717) is 16.1 Å². The Kier molecular flexibility index (Phi) is 5.89. The molecule has 1 atom stereocenters. The Hall–Kier alpha value is -2.29. The number of hydrogen-bond donors (Lipinski definition) is 1. The van der Waals surface area contributed by atoms with Crippen LogP contribution in [0.25, 0.3) is 0 Å². The number of aromatic nitrogens is 2. The molecule has 136 valence electrons. The lowest BCUT2D eigenvalue weighted by molar-refractivity contribution is -0.119. The zero-order valence-electron chi connectivity index (χ0n) is 13.1. The summed E-state index contributed by atoms with van der Waals surface area (Å²) in [4.78, 5) is 12.3. The number of nitrogens with zero attached hydrogens (tertiary/aromatic N) is 2. The van der Waals surface area contributed by atoms with Gasteiger partial charge in [0.2, 0.25) is 5.91 Å². The van der Waals surface area contributed by atoms with Crippen LogP contribution >= 0.6 is 11.6 Å². The first kappa shape index (κ1) is 19.0. The number of anilines is 1. The van der Waals surface area contributed by atoms with Crippen LogP contribution in [0.15, 0.2) is 24.3 Å². The van der Waals surface area contributed by atoms with Crippen LogP contribution in [-0.4, -0.2) is 22.8 Å². The molecule has 5 nitrogen and oxygen atoms in total. The highest BCUT2D eigenvalue weighted by atomic mass is 35.5. The Morgan fingerprint density at radius 2 is 1.96 bits per heavy atom. The molecule has 0 spiro atoms. The third-order valence-corrected chi connectivity index (χ3v) is 3.80. The summed E-state index contributed by atoms with van der Waals surface area (Å²) in [7, 11) is 1.44. The summed E-state index contributed by atoms with van der Waals surface area (Å²) in [6.45, 7) is 1.25. The minimum Gasteiger partial charge on any atom is -0.497 e. The van der Waals surface area contributed by atoms with Crippen molar-refractivity contribution < 1.29 is 27.1 Å². The molecule has 0 saturated heterocycles. The fourth-order valence-corrected chi connectivity index (χ4v) is 2.42. The van der Waals surface area contributed by atoms with E-state index in [1.807, 2.05) is 0 Å². The number of methoxy groups -OCH3 is 1. The molecule has 1 N–H and O–H groups in total. The van der Waals surface area contributed by atoms with E-state index in [0.717, 1.165) is 0 Å². The summed E-state index contributed by atoms with van der Waals surface area (Å²) in [6, 6.07) is 5.04. The van der Waals surface area contributed by atoms with Crippen molar-refractivity contribution in [2.75, 3.05) is 12.4 Å². The van der Waals surface area contributed by atoms with Gasteiger partial charge in [0.1, 0.15) is 23.2 Å². The van der Waals surface area contributed by atoms with Crippen LogP contribution in [0.2, 0.25) is 5.02 Å². The standard InChI is InChI=1S/C15H14ClF4N3O2/c1-7(15(24)21-8-4-3-5-9(6-8)25-2)23-12(14(19)20)10(16)11(22-23)13(17)18/h3-7,13-14H,1-2H3,(H,21,24). The number of halogens is 5. The second-order valence-corrected chi connectivity index (χ2v) is 5.41. The number of alkyl halides is 4. The predicted molar refractivity (Wildman–Crippen MR) is 83.5 cm³/mol. The molecule has 0 fully saturated rings. The lowest BCUT2D eigenvalue weighted by atomic mass is 10.2. The normalized spacial score (nSPS) is 12.5. The van der Waals surface area contributed by atoms with Crippen molar-refractivity contribution in [3.05, 3.63) is 40.7 Å². The number of benzene rings is 1. The van der Waals surface area contributed by atoms with Crippen molar-refractivity contribution >= 4 is 23.2 Å². The molecule has 1 aromatic carbocycles. The topological polar surface area (TPSA) is 56.1 Å². The number of amides is 1. The van der Waals surface area contributed by atoms with Crippen molar-refractivity contribution in [1.82, 2.24) is 9.78 Å². The van der Waals surface area contributed by atoms with E-state index in [2.05, 4.69) is 10.4 Å². The smallest absolute Gasteiger partial charge is 0.283 e. The van der Waals surface area contributed by atoms with Gasteiger partial charge in [-0.25, -0.2) is 22.2 Å². The SMILES string of the molecule is COc1cccc(NC(=O)C(C)n2nc(C(F)F)c(Cl)c2C(F)F)c1. The Bertz CT molecular complexity index is 767. The summed E-state index contributed by atoms with van der Waals surface area (Å²) in [6.07, 6.45) is -6.31. The van der Waals surface area contributed by atoms with Gasteiger partial charge in [-0.05, 0) is 19.1 Å². The van der Waals surface area contributed by atoms with Crippen LogP contribution in [0, 0.1) is 0 Å². The zero-order chi connectivity index (χ0) is 18.7. The number of carbonyl (C=O) groups excluding carboxylic acids is 1. The highest BCUT2D eigenvalue weighted by Crippen LogP contribution is 2.36. The molecule has 1 heterocycles. The average Bonchev–Trinajstić information content (AvgIpc) is 2.91. The molecule has 10 heteroatoms. The largest absolute Gasteiger partial charge is 0.497 e. The summed E-state index contributed by atoms with van der Waals surface area (Å²) in [5.41, 5.74) is -1.56. The molecule has 0 bridgehead atoms. The molecule has 2 aromatic rings. The van der Waals surface area contributed by atoms with E-state index in [9.17, 15) is 22.4 Å². The van der Waals surface area contributed by atoms with Crippen LogP contribution in [0.1, 0.15) is 37.2 Å². The Labute approximate surface area is 145 Å². The van der Waals surface area contributed by atoms with E-state index < -0.39 is 41.2 Å². The van der Waals surface area contributed by atoms with Crippen LogP contribution in [0.4, 0.5) is 23.2 Å². The van der Waals surface area contributed by atoms with Gasteiger partial charge < -0.3 is 10.1 Å². The van der Waals surface area contributed by atoms with Gasteiger partial charge >= 0.3 is 0 Å². The maximum atomic E-state index is 13.2. The van der Waals surface area contributed by atoms with Crippen LogP contribution in [0.3, 0.4) is 0 Å². The molecule has 0 aliphatic carbocycles. The van der Waals surface area contributed by atoms with Gasteiger partial charge in [-0.2, -0.15) is 5.10 Å². The van der Waals surface area contributed by atoms with Crippen LogP contribution in [0.5, 0.6) is 5.75 Å².